The Morgan fingerprint density at radius 1 is 1.22 bits per heavy atom. The number of hydrogen-bond acceptors (Lipinski definition) is 2. The van der Waals surface area contributed by atoms with Crippen LogP contribution in [-0.4, -0.2) is 4.57 Å². The maximum atomic E-state index is 9.16. The van der Waals surface area contributed by atoms with Crippen LogP contribution in [0.15, 0.2) is 27.1 Å². The largest absolute Gasteiger partial charge is 0.384 e. The summed E-state index contributed by atoms with van der Waals surface area (Å²) < 4.78 is 3.74. The molecule has 3 nitrogen and oxygen atoms in total. The number of aromatic nitrogens is 1. The molecule has 0 atom stereocenters. The monoisotopic (exact) mass is 367 g/mol. The Morgan fingerprint density at radius 2 is 1.78 bits per heavy atom. The number of nitrogen functional groups attached to an aromatic ring is 1. The summed E-state index contributed by atoms with van der Waals surface area (Å²) in [6.45, 7) is 3.86. The van der Waals surface area contributed by atoms with E-state index in [-0.39, 0.29) is 0 Å². The van der Waals surface area contributed by atoms with Crippen LogP contribution < -0.4 is 5.73 Å². The standard InChI is InChI=1S/C13H11Br2N3/c1-7-8(2)18(13(17)9(7)6-16)12-10(14)4-3-5-11(12)15/h3-5H,17H2,1-2H3. The molecule has 0 unspecified atom stereocenters. The predicted molar refractivity (Wildman–Crippen MR) is 79.8 cm³/mol. The second-order valence-corrected chi connectivity index (χ2v) is 5.70. The van der Waals surface area contributed by atoms with Crippen LogP contribution in [0.3, 0.4) is 0 Å². The van der Waals surface area contributed by atoms with Gasteiger partial charge in [0.1, 0.15) is 11.9 Å². The van der Waals surface area contributed by atoms with E-state index in [0.717, 1.165) is 25.9 Å². The van der Waals surface area contributed by atoms with Crippen molar-refractivity contribution in [1.82, 2.24) is 4.57 Å². The van der Waals surface area contributed by atoms with Gasteiger partial charge in [0, 0.05) is 14.6 Å². The second-order valence-electron chi connectivity index (χ2n) is 3.99. The number of benzene rings is 1. The van der Waals surface area contributed by atoms with Crippen molar-refractivity contribution in [2.45, 2.75) is 13.8 Å². The molecule has 0 bridgehead atoms. The number of rotatable bonds is 1. The number of hydrogen-bond donors (Lipinski definition) is 1. The third-order valence-electron chi connectivity index (χ3n) is 3.02. The van der Waals surface area contributed by atoms with Crippen LogP contribution in [0.5, 0.6) is 0 Å². The molecule has 1 aromatic heterocycles. The first-order valence-corrected chi connectivity index (χ1v) is 6.89. The van der Waals surface area contributed by atoms with Crippen LogP contribution in [-0.2, 0) is 0 Å². The van der Waals surface area contributed by atoms with E-state index in [9.17, 15) is 0 Å². The normalized spacial score (nSPS) is 10.4. The molecule has 0 fully saturated rings. The van der Waals surface area contributed by atoms with Gasteiger partial charge in [-0.1, -0.05) is 6.07 Å². The van der Waals surface area contributed by atoms with E-state index in [4.69, 9.17) is 11.0 Å². The highest BCUT2D eigenvalue weighted by atomic mass is 79.9. The first-order chi connectivity index (χ1) is 8.49. The average molecular weight is 369 g/mol. The van der Waals surface area contributed by atoms with E-state index in [0.29, 0.717) is 11.4 Å². The summed E-state index contributed by atoms with van der Waals surface area (Å²) in [7, 11) is 0. The van der Waals surface area contributed by atoms with Gasteiger partial charge in [-0.05, 0) is 63.4 Å². The van der Waals surface area contributed by atoms with Crippen molar-refractivity contribution in [3.8, 4) is 11.8 Å². The fourth-order valence-electron chi connectivity index (χ4n) is 1.97. The van der Waals surface area contributed by atoms with Crippen LogP contribution in [0.25, 0.3) is 5.69 Å². The van der Waals surface area contributed by atoms with Crippen LogP contribution in [0, 0.1) is 25.2 Å². The van der Waals surface area contributed by atoms with E-state index in [1.807, 2.05) is 36.6 Å². The Kier molecular flexibility index (Phi) is 3.51. The van der Waals surface area contributed by atoms with Gasteiger partial charge in [0.2, 0.25) is 0 Å². The molecule has 0 saturated carbocycles. The maximum absolute atomic E-state index is 9.16. The third kappa shape index (κ3) is 1.86. The van der Waals surface area contributed by atoms with E-state index >= 15 is 0 Å². The number of nitrogens with two attached hydrogens (primary N) is 1. The van der Waals surface area contributed by atoms with Crippen LogP contribution in [0.1, 0.15) is 16.8 Å². The summed E-state index contributed by atoms with van der Waals surface area (Å²) in [5.74, 6) is 0.472. The fraction of sp³-hybridized carbons (Fsp3) is 0.154. The van der Waals surface area contributed by atoms with Crippen molar-refractivity contribution in [3.63, 3.8) is 0 Å². The van der Waals surface area contributed by atoms with E-state index in [2.05, 4.69) is 37.9 Å². The molecule has 5 heteroatoms. The molecule has 2 aromatic rings. The average Bonchev–Trinajstić information content (AvgIpc) is 2.53. The van der Waals surface area contributed by atoms with Crippen LogP contribution in [0.2, 0.25) is 0 Å². The smallest absolute Gasteiger partial charge is 0.126 e. The number of halogens is 2. The number of anilines is 1. The SMILES string of the molecule is Cc1c(C#N)c(N)n(-c2c(Br)cccc2Br)c1C. The maximum Gasteiger partial charge on any atom is 0.126 e. The summed E-state index contributed by atoms with van der Waals surface area (Å²) >= 11 is 7.04. The molecule has 18 heavy (non-hydrogen) atoms. The zero-order valence-corrected chi connectivity index (χ0v) is 13.1. The fourth-order valence-corrected chi connectivity index (χ4v) is 3.32. The lowest BCUT2D eigenvalue weighted by Crippen LogP contribution is -2.04. The summed E-state index contributed by atoms with van der Waals surface area (Å²) in [5, 5.41) is 9.16. The lowest BCUT2D eigenvalue weighted by Gasteiger charge is -2.13. The predicted octanol–water partition coefficient (Wildman–Crippen LogP) is 4.07. The van der Waals surface area contributed by atoms with E-state index < -0.39 is 0 Å². The minimum Gasteiger partial charge on any atom is -0.384 e. The summed E-state index contributed by atoms with van der Waals surface area (Å²) in [4.78, 5) is 0. The first-order valence-electron chi connectivity index (χ1n) is 5.31. The van der Waals surface area contributed by atoms with Crippen molar-refractivity contribution in [2.24, 2.45) is 0 Å². The zero-order valence-electron chi connectivity index (χ0n) is 9.96. The third-order valence-corrected chi connectivity index (χ3v) is 4.30. The van der Waals surface area contributed by atoms with Crippen molar-refractivity contribution in [2.75, 3.05) is 5.73 Å². The Hall–Kier alpha value is -1.25. The molecular weight excluding hydrogens is 358 g/mol. The summed E-state index contributed by atoms with van der Waals surface area (Å²) in [6, 6.07) is 7.98. The Labute approximate surface area is 122 Å². The van der Waals surface area contributed by atoms with Crippen LogP contribution in [0.4, 0.5) is 5.82 Å². The molecule has 1 heterocycles. The molecule has 0 aliphatic carbocycles. The molecule has 0 spiro atoms. The van der Waals surface area contributed by atoms with Gasteiger partial charge in [0.25, 0.3) is 0 Å². The molecule has 0 aliphatic heterocycles. The Balaban J connectivity index is 2.86. The first kappa shape index (κ1) is 13.2. The molecule has 0 aliphatic rings. The highest BCUT2D eigenvalue weighted by Gasteiger charge is 2.19. The van der Waals surface area contributed by atoms with Crippen molar-refractivity contribution in [3.05, 3.63) is 44.0 Å². The minimum absolute atomic E-state index is 0.472. The van der Waals surface area contributed by atoms with Gasteiger partial charge in [-0.25, -0.2) is 0 Å². The number of para-hydroxylation sites is 1. The lowest BCUT2D eigenvalue weighted by atomic mass is 10.2. The topological polar surface area (TPSA) is 54.7 Å². The van der Waals surface area contributed by atoms with Crippen molar-refractivity contribution >= 4 is 37.7 Å². The Morgan fingerprint density at radius 3 is 2.22 bits per heavy atom. The molecule has 1 aromatic carbocycles. The van der Waals surface area contributed by atoms with E-state index in [1.165, 1.54) is 0 Å². The molecule has 2 N–H and O–H groups in total. The van der Waals surface area contributed by atoms with Gasteiger partial charge >= 0.3 is 0 Å². The van der Waals surface area contributed by atoms with Gasteiger partial charge in [-0.15, -0.1) is 0 Å². The second kappa shape index (κ2) is 4.79. The van der Waals surface area contributed by atoms with Gasteiger partial charge in [0.15, 0.2) is 0 Å². The molecular formula is C13H11Br2N3. The van der Waals surface area contributed by atoms with Gasteiger partial charge in [-0.2, -0.15) is 5.26 Å². The molecule has 0 radical (unpaired) electrons. The highest BCUT2D eigenvalue weighted by molar-refractivity contribution is 9.11. The van der Waals surface area contributed by atoms with E-state index in [1.54, 1.807) is 0 Å². The van der Waals surface area contributed by atoms with Gasteiger partial charge in [0.05, 0.1) is 11.3 Å². The summed E-state index contributed by atoms with van der Waals surface area (Å²) in [5.41, 5.74) is 9.42. The Bertz CT molecular complexity index is 646. The van der Waals surface area contributed by atoms with Crippen molar-refractivity contribution in [1.29, 1.82) is 5.26 Å². The number of nitrogens with zero attached hydrogens (tertiary/aromatic N) is 2. The van der Waals surface area contributed by atoms with Crippen LogP contribution >= 0.6 is 31.9 Å². The van der Waals surface area contributed by atoms with Gasteiger partial charge in [-0.3, -0.25) is 4.57 Å². The molecule has 2 rings (SSSR count). The minimum atomic E-state index is 0.472. The lowest BCUT2D eigenvalue weighted by molar-refractivity contribution is 1.00. The zero-order chi connectivity index (χ0) is 13.4. The molecule has 92 valence electrons. The molecule has 0 saturated heterocycles. The van der Waals surface area contributed by atoms with Gasteiger partial charge < -0.3 is 5.73 Å². The number of nitriles is 1. The summed E-state index contributed by atoms with van der Waals surface area (Å²) in [6.07, 6.45) is 0. The van der Waals surface area contributed by atoms with Crippen molar-refractivity contribution < 1.29 is 0 Å². The quantitative estimate of drug-likeness (QED) is 0.824. The molecule has 0 amide bonds. The highest BCUT2D eigenvalue weighted by Crippen LogP contribution is 2.35.